The van der Waals surface area contributed by atoms with Gasteiger partial charge in [-0.15, -0.1) is 0 Å². The summed E-state index contributed by atoms with van der Waals surface area (Å²) in [4.78, 5) is 11.3. The van der Waals surface area contributed by atoms with Crippen LogP contribution in [-0.2, 0) is 4.79 Å². The molecular weight excluding hydrogens is 186 g/mol. The first-order valence-electron chi connectivity index (χ1n) is 6.19. The quantitative estimate of drug-likeness (QED) is 0.744. The molecule has 0 aromatic carbocycles. The minimum Gasteiger partial charge on any atom is -0.353 e. The molecule has 1 unspecified atom stereocenters. The largest absolute Gasteiger partial charge is 0.353 e. The van der Waals surface area contributed by atoms with E-state index in [0.29, 0.717) is 6.04 Å². The number of hydrogen-bond donors (Lipinski definition) is 1. The summed E-state index contributed by atoms with van der Waals surface area (Å²) in [7, 11) is 0. The lowest BCUT2D eigenvalue weighted by molar-refractivity contribution is -0.129. The third-order valence-electron chi connectivity index (χ3n) is 1.67. The third-order valence-corrected chi connectivity index (χ3v) is 1.67. The van der Waals surface area contributed by atoms with Crippen LogP contribution in [-0.4, -0.2) is 11.9 Å². The first-order chi connectivity index (χ1) is 6.88. The van der Waals surface area contributed by atoms with Crippen LogP contribution in [0, 0.1) is 5.41 Å². The molecule has 1 atom stereocenters. The smallest absolute Gasteiger partial charge is 0.225 e. The molecule has 0 radical (unpaired) electrons. The number of carbonyl (C=O) groups excluding carboxylic acids is 1. The first-order valence-corrected chi connectivity index (χ1v) is 6.19. The summed E-state index contributed by atoms with van der Waals surface area (Å²) in [6.07, 6.45) is 0.988. The van der Waals surface area contributed by atoms with E-state index in [0.717, 1.165) is 6.42 Å². The summed E-state index contributed by atoms with van der Waals surface area (Å²) in [5.41, 5.74) is -0.260. The second-order valence-corrected chi connectivity index (χ2v) is 4.03. The standard InChI is InChI=1S/C9H19NO.2C2H6/c1-6-7(2)10-8(11)9(3,4)5;2*1-2/h7H,6H2,1-5H3,(H,10,11);2*1-2H3. The molecule has 0 aliphatic rings. The highest BCUT2D eigenvalue weighted by Gasteiger charge is 2.21. The van der Waals surface area contributed by atoms with Crippen molar-refractivity contribution in [3.8, 4) is 0 Å². The van der Waals surface area contributed by atoms with Crippen molar-refractivity contribution in [2.75, 3.05) is 0 Å². The van der Waals surface area contributed by atoms with Gasteiger partial charge in [0.05, 0.1) is 0 Å². The maximum Gasteiger partial charge on any atom is 0.225 e. The molecule has 0 bridgehead atoms. The first kappa shape index (κ1) is 20.0. The zero-order valence-electron chi connectivity index (χ0n) is 12.2. The van der Waals surface area contributed by atoms with E-state index < -0.39 is 0 Å². The summed E-state index contributed by atoms with van der Waals surface area (Å²) in [5, 5.41) is 2.93. The highest BCUT2D eigenvalue weighted by molar-refractivity contribution is 5.81. The average Bonchev–Trinajstić information content (AvgIpc) is 2.22. The second-order valence-electron chi connectivity index (χ2n) is 4.03. The van der Waals surface area contributed by atoms with Gasteiger partial charge in [-0.1, -0.05) is 55.4 Å². The van der Waals surface area contributed by atoms with Gasteiger partial charge in [0.2, 0.25) is 5.91 Å². The Hall–Kier alpha value is -0.530. The van der Waals surface area contributed by atoms with Crippen molar-refractivity contribution in [3.05, 3.63) is 0 Å². The Bertz CT molecular complexity index is 136. The van der Waals surface area contributed by atoms with E-state index in [4.69, 9.17) is 0 Å². The zero-order valence-corrected chi connectivity index (χ0v) is 12.2. The summed E-state index contributed by atoms with van der Waals surface area (Å²) in [6, 6.07) is 0.293. The predicted octanol–water partition coefficient (Wildman–Crippen LogP) is 4.00. The molecule has 1 amide bonds. The van der Waals surface area contributed by atoms with Gasteiger partial charge >= 0.3 is 0 Å². The van der Waals surface area contributed by atoms with E-state index in [1.807, 2.05) is 55.4 Å². The van der Waals surface area contributed by atoms with Crippen LogP contribution in [0.2, 0.25) is 0 Å². The molecule has 0 aromatic heterocycles. The van der Waals surface area contributed by atoms with E-state index in [-0.39, 0.29) is 11.3 Å². The van der Waals surface area contributed by atoms with E-state index in [9.17, 15) is 4.79 Å². The minimum absolute atomic E-state index is 0.131. The number of hydrogen-bond acceptors (Lipinski definition) is 1. The fourth-order valence-electron chi connectivity index (χ4n) is 0.542. The molecule has 15 heavy (non-hydrogen) atoms. The van der Waals surface area contributed by atoms with E-state index in [1.54, 1.807) is 0 Å². The fraction of sp³-hybridized carbons (Fsp3) is 0.923. The Labute approximate surface area is 96.8 Å². The van der Waals surface area contributed by atoms with Gasteiger partial charge in [-0.2, -0.15) is 0 Å². The average molecular weight is 217 g/mol. The molecule has 0 fully saturated rings. The lowest BCUT2D eigenvalue weighted by atomic mass is 9.95. The van der Waals surface area contributed by atoms with Gasteiger partial charge in [-0.25, -0.2) is 0 Å². The van der Waals surface area contributed by atoms with Crippen LogP contribution in [0.4, 0.5) is 0 Å². The Kier molecular flexibility index (Phi) is 15.4. The normalized spacial score (nSPS) is 11.3. The van der Waals surface area contributed by atoms with Crippen LogP contribution in [0.1, 0.15) is 68.7 Å². The fourth-order valence-corrected chi connectivity index (χ4v) is 0.542. The second kappa shape index (κ2) is 11.5. The van der Waals surface area contributed by atoms with Crippen molar-refractivity contribution in [1.29, 1.82) is 0 Å². The summed E-state index contributed by atoms with van der Waals surface area (Å²) < 4.78 is 0. The Morgan fingerprint density at radius 2 is 1.47 bits per heavy atom. The topological polar surface area (TPSA) is 29.1 Å². The Morgan fingerprint density at radius 3 is 1.67 bits per heavy atom. The number of nitrogens with one attached hydrogen (secondary N) is 1. The van der Waals surface area contributed by atoms with Crippen molar-refractivity contribution in [3.63, 3.8) is 0 Å². The molecule has 1 N–H and O–H groups in total. The summed E-state index contributed by atoms with van der Waals surface area (Å²) >= 11 is 0. The van der Waals surface area contributed by atoms with Crippen LogP contribution in [0.25, 0.3) is 0 Å². The van der Waals surface area contributed by atoms with Crippen molar-refractivity contribution >= 4 is 5.91 Å². The van der Waals surface area contributed by atoms with Gasteiger partial charge in [0, 0.05) is 11.5 Å². The number of carbonyl (C=O) groups is 1. The SMILES string of the molecule is CC.CC.CCC(C)NC(=O)C(C)(C)C. The molecule has 0 spiro atoms. The highest BCUT2D eigenvalue weighted by atomic mass is 16.2. The molecule has 0 heterocycles. The molecular formula is C13H31NO. The van der Waals surface area contributed by atoms with Crippen LogP contribution in [0.5, 0.6) is 0 Å². The van der Waals surface area contributed by atoms with Gasteiger partial charge in [-0.3, -0.25) is 4.79 Å². The molecule has 0 aliphatic heterocycles. The minimum atomic E-state index is -0.260. The van der Waals surface area contributed by atoms with Crippen LogP contribution >= 0.6 is 0 Å². The summed E-state index contributed by atoms with van der Waals surface area (Å²) in [5.74, 6) is 0.131. The summed E-state index contributed by atoms with van der Waals surface area (Å²) in [6.45, 7) is 17.8. The lowest BCUT2D eigenvalue weighted by Gasteiger charge is -2.20. The third kappa shape index (κ3) is 13.5. The maximum absolute atomic E-state index is 11.3. The molecule has 2 nitrogen and oxygen atoms in total. The Morgan fingerprint density at radius 1 is 1.13 bits per heavy atom. The van der Waals surface area contributed by atoms with Gasteiger partial charge in [0.15, 0.2) is 0 Å². The van der Waals surface area contributed by atoms with Gasteiger partial charge in [-0.05, 0) is 13.3 Å². The monoisotopic (exact) mass is 217 g/mol. The van der Waals surface area contributed by atoms with Crippen molar-refractivity contribution < 1.29 is 4.79 Å². The van der Waals surface area contributed by atoms with Gasteiger partial charge < -0.3 is 5.32 Å². The lowest BCUT2D eigenvalue weighted by Crippen LogP contribution is -2.39. The van der Waals surface area contributed by atoms with Gasteiger partial charge in [0.1, 0.15) is 0 Å². The van der Waals surface area contributed by atoms with E-state index in [1.165, 1.54) is 0 Å². The van der Waals surface area contributed by atoms with Crippen LogP contribution < -0.4 is 5.32 Å². The predicted molar refractivity (Wildman–Crippen MR) is 70.0 cm³/mol. The maximum atomic E-state index is 11.3. The van der Waals surface area contributed by atoms with Gasteiger partial charge in [0.25, 0.3) is 0 Å². The number of amides is 1. The number of rotatable bonds is 2. The van der Waals surface area contributed by atoms with E-state index in [2.05, 4.69) is 12.2 Å². The van der Waals surface area contributed by atoms with Crippen molar-refractivity contribution in [2.45, 2.75) is 74.8 Å². The Balaban J connectivity index is -0.000000318. The molecule has 0 saturated carbocycles. The zero-order chi connectivity index (χ0) is 13.1. The molecule has 0 saturated heterocycles. The molecule has 0 rings (SSSR count). The molecule has 94 valence electrons. The van der Waals surface area contributed by atoms with Crippen LogP contribution in [0.3, 0.4) is 0 Å². The van der Waals surface area contributed by atoms with Crippen LogP contribution in [0.15, 0.2) is 0 Å². The highest BCUT2D eigenvalue weighted by Crippen LogP contribution is 2.12. The van der Waals surface area contributed by atoms with Crippen molar-refractivity contribution in [2.24, 2.45) is 5.41 Å². The molecule has 2 heteroatoms. The van der Waals surface area contributed by atoms with Crippen molar-refractivity contribution in [1.82, 2.24) is 5.32 Å². The van der Waals surface area contributed by atoms with E-state index >= 15 is 0 Å². The molecule has 0 aliphatic carbocycles. The molecule has 0 aromatic rings.